The Morgan fingerprint density at radius 1 is 1.60 bits per heavy atom. The average molecular weight is 142 g/mol. The van der Waals surface area contributed by atoms with E-state index in [2.05, 4.69) is 5.10 Å². The molecule has 4 heteroatoms. The first-order valence-corrected chi connectivity index (χ1v) is 3.14. The lowest BCUT2D eigenvalue weighted by Crippen LogP contribution is -2.46. The van der Waals surface area contributed by atoms with Crippen LogP contribution >= 0.6 is 0 Å². The monoisotopic (exact) mass is 142 g/mol. The van der Waals surface area contributed by atoms with Gasteiger partial charge in [-0.3, -0.25) is 0 Å². The molecule has 0 atom stereocenters. The molecular formula is C6H12N3O+. The molecule has 0 unspecified atom stereocenters. The Morgan fingerprint density at radius 2 is 2.20 bits per heavy atom. The molecule has 2 N–H and O–H groups in total. The first kappa shape index (κ1) is 7.05. The normalized spacial score (nSPS) is 11.9. The van der Waals surface area contributed by atoms with Crippen LogP contribution in [0.15, 0.2) is 10.8 Å². The number of nitrogens with zero attached hydrogens (tertiary/aromatic N) is 2. The van der Waals surface area contributed by atoms with Crippen molar-refractivity contribution < 1.29 is 9.49 Å². The van der Waals surface area contributed by atoms with Crippen LogP contribution < -0.4 is 10.8 Å². The Kier molecular flexibility index (Phi) is 1.39. The predicted octanol–water partition coefficient (Wildman–Crippen LogP) is -0.0266. The topological polar surface area (TPSA) is 55.9 Å². The van der Waals surface area contributed by atoms with Crippen molar-refractivity contribution in [3.8, 4) is 0 Å². The molecule has 0 spiro atoms. The lowest BCUT2D eigenvalue weighted by atomic mass is 9.93. The molecule has 4 nitrogen and oxygen atoms in total. The Labute approximate surface area is 59.6 Å². The van der Waals surface area contributed by atoms with Gasteiger partial charge in [0, 0.05) is 5.41 Å². The smallest absolute Gasteiger partial charge is 0.189 e. The molecule has 0 saturated carbocycles. The minimum atomic E-state index is 0.00806. The maximum absolute atomic E-state index is 5.21. The highest BCUT2D eigenvalue weighted by molar-refractivity contribution is 5.02. The number of hydrogen-bond acceptors (Lipinski definition) is 3. The van der Waals surface area contributed by atoms with Gasteiger partial charge in [0.05, 0.1) is 5.10 Å². The van der Waals surface area contributed by atoms with Crippen molar-refractivity contribution in [3.05, 3.63) is 12.0 Å². The van der Waals surface area contributed by atoms with E-state index in [1.54, 1.807) is 6.26 Å². The van der Waals surface area contributed by atoms with Gasteiger partial charge in [0.2, 0.25) is 11.2 Å². The number of hydrogen-bond donors (Lipinski definition) is 1. The summed E-state index contributed by atoms with van der Waals surface area (Å²) in [5.41, 5.74) is 0.865. The van der Waals surface area contributed by atoms with Crippen LogP contribution in [-0.2, 0) is 5.41 Å². The van der Waals surface area contributed by atoms with Gasteiger partial charge in [-0.25, -0.2) is 0 Å². The van der Waals surface area contributed by atoms with Crippen LogP contribution in [0.4, 0.5) is 0 Å². The minimum absolute atomic E-state index is 0.00806. The van der Waals surface area contributed by atoms with Crippen LogP contribution in [0.5, 0.6) is 0 Å². The quantitative estimate of drug-likeness (QED) is 0.409. The molecular weight excluding hydrogens is 130 g/mol. The van der Waals surface area contributed by atoms with Gasteiger partial charge in [-0.15, -0.1) is 5.84 Å². The molecule has 1 heterocycles. The van der Waals surface area contributed by atoms with E-state index in [0.29, 0.717) is 0 Å². The maximum atomic E-state index is 5.21. The van der Waals surface area contributed by atoms with Crippen molar-refractivity contribution >= 4 is 0 Å². The summed E-state index contributed by atoms with van der Waals surface area (Å²) in [6.07, 6.45) is 1.56. The fraction of sp³-hybridized carbons (Fsp3) is 0.667. The SMILES string of the molecule is CC(C)(C)c1co[n+](N)n1. The predicted molar refractivity (Wildman–Crippen MR) is 35.5 cm³/mol. The molecule has 1 aromatic heterocycles. The van der Waals surface area contributed by atoms with Crippen molar-refractivity contribution in [2.45, 2.75) is 26.2 Å². The van der Waals surface area contributed by atoms with Gasteiger partial charge in [-0.05, 0) is 0 Å². The largest absolute Gasteiger partial charge is 0.227 e. The summed E-state index contributed by atoms with van der Waals surface area (Å²) in [4.78, 5) is 0.959. The van der Waals surface area contributed by atoms with Crippen LogP contribution in [0.25, 0.3) is 0 Å². The maximum Gasteiger partial charge on any atom is 0.227 e. The number of nitrogen functional groups attached to an aromatic ring is 1. The molecule has 0 radical (unpaired) electrons. The second-order valence-corrected chi connectivity index (χ2v) is 3.26. The van der Waals surface area contributed by atoms with Crippen LogP contribution in [0.3, 0.4) is 0 Å². The molecule has 0 saturated heterocycles. The summed E-state index contributed by atoms with van der Waals surface area (Å²) in [6.45, 7) is 6.14. The summed E-state index contributed by atoms with van der Waals surface area (Å²) < 4.78 is 4.77. The minimum Gasteiger partial charge on any atom is -0.189 e. The van der Waals surface area contributed by atoms with Crippen molar-refractivity contribution in [1.29, 1.82) is 0 Å². The van der Waals surface area contributed by atoms with Crippen molar-refractivity contribution in [2.24, 2.45) is 0 Å². The molecule has 1 aromatic rings. The second-order valence-electron chi connectivity index (χ2n) is 3.26. The van der Waals surface area contributed by atoms with Crippen molar-refractivity contribution in [3.63, 3.8) is 0 Å². The van der Waals surface area contributed by atoms with Crippen LogP contribution in [0.1, 0.15) is 26.5 Å². The molecule has 1 rings (SSSR count). The molecule has 10 heavy (non-hydrogen) atoms. The number of aromatic nitrogens is 2. The van der Waals surface area contributed by atoms with E-state index in [-0.39, 0.29) is 5.41 Å². The van der Waals surface area contributed by atoms with Gasteiger partial charge in [0.1, 0.15) is 0 Å². The summed E-state index contributed by atoms with van der Waals surface area (Å²) in [5, 5.41) is 3.91. The molecule has 0 aliphatic carbocycles. The van der Waals surface area contributed by atoms with Crippen LogP contribution in [0, 0.1) is 0 Å². The summed E-state index contributed by atoms with van der Waals surface area (Å²) in [6, 6.07) is 0. The first-order chi connectivity index (χ1) is 4.50. The molecule has 0 aliphatic heterocycles. The average Bonchev–Trinajstić information content (AvgIpc) is 2.11. The third kappa shape index (κ3) is 1.26. The molecule has 56 valence electrons. The Bertz CT molecular complexity index is 223. The van der Waals surface area contributed by atoms with E-state index in [4.69, 9.17) is 10.4 Å². The van der Waals surface area contributed by atoms with Gasteiger partial charge >= 0.3 is 0 Å². The number of nitrogens with two attached hydrogens (primary N) is 1. The third-order valence-electron chi connectivity index (χ3n) is 1.25. The fourth-order valence-corrected chi connectivity index (χ4v) is 0.584. The van der Waals surface area contributed by atoms with Gasteiger partial charge in [0.25, 0.3) is 0 Å². The van der Waals surface area contributed by atoms with E-state index < -0.39 is 0 Å². The highest BCUT2D eigenvalue weighted by Gasteiger charge is 2.22. The lowest BCUT2D eigenvalue weighted by Gasteiger charge is -2.09. The van der Waals surface area contributed by atoms with E-state index in [1.807, 2.05) is 20.8 Å². The van der Waals surface area contributed by atoms with Crippen LogP contribution in [0.2, 0.25) is 0 Å². The van der Waals surface area contributed by atoms with Gasteiger partial charge in [-0.2, -0.15) is 4.52 Å². The van der Waals surface area contributed by atoms with Gasteiger partial charge in [0.15, 0.2) is 5.69 Å². The highest BCUT2D eigenvalue weighted by atomic mass is 16.5. The second kappa shape index (κ2) is 1.97. The Morgan fingerprint density at radius 3 is 2.40 bits per heavy atom. The van der Waals surface area contributed by atoms with E-state index >= 15 is 0 Å². The van der Waals surface area contributed by atoms with Crippen molar-refractivity contribution in [2.75, 3.05) is 5.84 Å². The molecule has 0 aliphatic rings. The fourth-order valence-electron chi connectivity index (χ4n) is 0.584. The Balaban J connectivity index is 2.96. The zero-order valence-electron chi connectivity index (χ0n) is 6.46. The highest BCUT2D eigenvalue weighted by Crippen LogP contribution is 2.17. The zero-order valence-corrected chi connectivity index (χ0v) is 6.46. The molecule has 0 fully saturated rings. The van der Waals surface area contributed by atoms with E-state index in [9.17, 15) is 0 Å². The first-order valence-electron chi connectivity index (χ1n) is 3.14. The summed E-state index contributed by atoms with van der Waals surface area (Å²) >= 11 is 0. The van der Waals surface area contributed by atoms with Gasteiger partial charge in [-0.1, -0.05) is 20.8 Å². The molecule has 0 aromatic carbocycles. The van der Waals surface area contributed by atoms with Crippen LogP contribution in [-0.4, -0.2) is 5.10 Å². The van der Waals surface area contributed by atoms with Gasteiger partial charge < -0.3 is 0 Å². The van der Waals surface area contributed by atoms with E-state index in [1.165, 1.54) is 0 Å². The Hall–Kier alpha value is -1.06. The number of rotatable bonds is 0. The zero-order chi connectivity index (χ0) is 7.78. The third-order valence-corrected chi connectivity index (χ3v) is 1.25. The summed E-state index contributed by atoms with van der Waals surface area (Å²) in [7, 11) is 0. The molecule has 0 bridgehead atoms. The lowest BCUT2D eigenvalue weighted by molar-refractivity contribution is -0.866. The van der Waals surface area contributed by atoms with Crippen molar-refractivity contribution in [1.82, 2.24) is 5.10 Å². The van der Waals surface area contributed by atoms with E-state index in [0.717, 1.165) is 10.7 Å². The summed E-state index contributed by atoms with van der Waals surface area (Å²) in [5.74, 6) is 5.21. The molecule has 0 amide bonds. The standard InChI is InChI=1S/C6H12N3O/c1-6(2,3)5-4-10-9(7)8-5/h4H,1-3H3,(H2,7,8)/q+1.